The molecule has 1 N–H and O–H groups in total. The summed E-state index contributed by atoms with van der Waals surface area (Å²) in [6, 6.07) is 11.6. The Morgan fingerprint density at radius 2 is 1.96 bits per heavy atom. The highest BCUT2D eigenvalue weighted by molar-refractivity contribution is 5.84. The predicted octanol–water partition coefficient (Wildman–Crippen LogP) is 3.54. The Bertz CT molecular complexity index is 795. The highest BCUT2D eigenvalue weighted by atomic mass is 16.5. The minimum absolute atomic E-state index is 0.156. The molecule has 0 unspecified atom stereocenters. The Balaban J connectivity index is 1.70. The number of carbonyl (C=O) groups is 1. The Morgan fingerprint density at radius 3 is 2.71 bits per heavy atom. The minimum Gasteiger partial charge on any atom is -0.497 e. The van der Waals surface area contributed by atoms with Crippen molar-refractivity contribution in [2.24, 2.45) is 0 Å². The molecule has 0 saturated carbocycles. The van der Waals surface area contributed by atoms with E-state index in [1.54, 1.807) is 20.3 Å². The fourth-order valence-electron chi connectivity index (χ4n) is 2.99. The van der Waals surface area contributed by atoms with Gasteiger partial charge in [0.05, 0.1) is 14.2 Å². The molecule has 1 heterocycles. The highest BCUT2D eigenvalue weighted by Crippen LogP contribution is 2.29. The van der Waals surface area contributed by atoms with Gasteiger partial charge in [0.1, 0.15) is 17.3 Å². The molecule has 0 fully saturated rings. The lowest BCUT2D eigenvalue weighted by atomic mass is 10.00. The second-order valence-electron chi connectivity index (χ2n) is 5.97. The molecule has 0 bridgehead atoms. The SMILES string of the molecule is C=C1Cc2cc(CC(=O)Cc3ccc(OC)cc3OC)ccc2N1. The fraction of sp³-hybridized carbons (Fsp3) is 0.250. The molecule has 1 aliphatic rings. The predicted molar refractivity (Wildman–Crippen MR) is 94.9 cm³/mol. The van der Waals surface area contributed by atoms with Gasteiger partial charge in [0, 0.05) is 42.3 Å². The first kappa shape index (κ1) is 16.1. The van der Waals surface area contributed by atoms with Gasteiger partial charge in [0.25, 0.3) is 0 Å². The number of benzene rings is 2. The summed E-state index contributed by atoms with van der Waals surface area (Å²) in [4.78, 5) is 12.4. The van der Waals surface area contributed by atoms with Crippen LogP contribution in [0.3, 0.4) is 0 Å². The molecule has 24 heavy (non-hydrogen) atoms. The number of ether oxygens (including phenoxy) is 2. The highest BCUT2D eigenvalue weighted by Gasteiger charge is 2.15. The fourth-order valence-corrected chi connectivity index (χ4v) is 2.99. The Labute approximate surface area is 142 Å². The van der Waals surface area contributed by atoms with Crippen LogP contribution in [-0.2, 0) is 24.1 Å². The van der Waals surface area contributed by atoms with Gasteiger partial charge in [-0.15, -0.1) is 0 Å². The van der Waals surface area contributed by atoms with Crippen LogP contribution in [0, 0.1) is 0 Å². The summed E-state index contributed by atoms with van der Waals surface area (Å²) in [6.45, 7) is 3.95. The van der Waals surface area contributed by atoms with Crippen LogP contribution in [0.4, 0.5) is 5.69 Å². The number of allylic oxidation sites excluding steroid dienone is 1. The lowest BCUT2D eigenvalue weighted by Crippen LogP contribution is -2.08. The third-order valence-electron chi connectivity index (χ3n) is 4.17. The lowest BCUT2D eigenvalue weighted by Gasteiger charge is -2.10. The van der Waals surface area contributed by atoms with Crippen molar-refractivity contribution in [3.05, 3.63) is 65.4 Å². The van der Waals surface area contributed by atoms with Gasteiger partial charge < -0.3 is 14.8 Å². The van der Waals surface area contributed by atoms with Crippen molar-refractivity contribution in [2.45, 2.75) is 19.3 Å². The molecule has 2 aromatic rings. The lowest BCUT2D eigenvalue weighted by molar-refractivity contribution is -0.117. The first-order chi connectivity index (χ1) is 11.6. The summed E-state index contributed by atoms with van der Waals surface area (Å²) in [5, 5.41) is 3.24. The molecule has 2 aromatic carbocycles. The Kier molecular flexibility index (Phi) is 4.56. The number of anilines is 1. The Morgan fingerprint density at radius 1 is 1.12 bits per heavy atom. The summed E-state index contributed by atoms with van der Waals surface area (Å²) >= 11 is 0. The molecular formula is C20H21NO3. The monoisotopic (exact) mass is 323 g/mol. The number of hydrogen-bond donors (Lipinski definition) is 1. The van der Waals surface area contributed by atoms with E-state index >= 15 is 0 Å². The van der Waals surface area contributed by atoms with Crippen molar-refractivity contribution in [1.29, 1.82) is 0 Å². The number of Topliss-reactive ketones (excluding diaryl/α,β-unsaturated/α-hetero) is 1. The number of methoxy groups -OCH3 is 2. The van der Waals surface area contributed by atoms with E-state index in [9.17, 15) is 4.79 Å². The molecule has 0 atom stereocenters. The van der Waals surface area contributed by atoms with Gasteiger partial charge >= 0.3 is 0 Å². The van der Waals surface area contributed by atoms with Crippen molar-refractivity contribution in [2.75, 3.05) is 19.5 Å². The maximum absolute atomic E-state index is 12.4. The Hall–Kier alpha value is -2.75. The average molecular weight is 323 g/mol. The maximum atomic E-state index is 12.4. The second-order valence-corrected chi connectivity index (χ2v) is 5.97. The van der Waals surface area contributed by atoms with Gasteiger partial charge in [0.2, 0.25) is 0 Å². The minimum atomic E-state index is 0.156. The number of fused-ring (bicyclic) bond motifs is 1. The van der Waals surface area contributed by atoms with Crippen LogP contribution >= 0.6 is 0 Å². The molecule has 0 aliphatic carbocycles. The molecule has 0 aromatic heterocycles. The standard InChI is InChI=1S/C20H21NO3/c1-13-8-16-9-14(4-7-19(16)21-13)10-17(22)11-15-5-6-18(23-2)12-20(15)24-3/h4-7,9,12,21H,1,8,10-11H2,2-3H3. The van der Waals surface area contributed by atoms with Crippen molar-refractivity contribution in [3.63, 3.8) is 0 Å². The van der Waals surface area contributed by atoms with Gasteiger partial charge in [-0.3, -0.25) is 4.79 Å². The topological polar surface area (TPSA) is 47.6 Å². The molecule has 0 saturated heterocycles. The van der Waals surface area contributed by atoms with Crippen LogP contribution in [0.1, 0.15) is 16.7 Å². The quantitative estimate of drug-likeness (QED) is 0.883. The first-order valence-electron chi connectivity index (χ1n) is 7.88. The normalized spacial score (nSPS) is 12.5. The van der Waals surface area contributed by atoms with Crippen LogP contribution in [0.2, 0.25) is 0 Å². The number of carbonyl (C=O) groups excluding carboxylic acids is 1. The number of ketones is 1. The molecule has 0 amide bonds. The van der Waals surface area contributed by atoms with Crippen molar-refractivity contribution < 1.29 is 14.3 Å². The van der Waals surface area contributed by atoms with Gasteiger partial charge in [0.15, 0.2) is 0 Å². The summed E-state index contributed by atoms with van der Waals surface area (Å²) in [7, 11) is 3.21. The van der Waals surface area contributed by atoms with E-state index in [0.29, 0.717) is 18.6 Å². The zero-order valence-corrected chi connectivity index (χ0v) is 14.0. The first-order valence-corrected chi connectivity index (χ1v) is 7.88. The maximum Gasteiger partial charge on any atom is 0.141 e. The van der Waals surface area contributed by atoms with E-state index in [1.807, 2.05) is 24.3 Å². The van der Waals surface area contributed by atoms with Crippen molar-refractivity contribution in [1.82, 2.24) is 0 Å². The van der Waals surface area contributed by atoms with E-state index < -0.39 is 0 Å². The van der Waals surface area contributed by atoms with Gasteiger partial charge in [-0.2, -0.15) is 0 Å². The summed E-state index contributed by atoms with van der Waals surface area (Å²) in [5.41, 5.74) is 5.19. The second kappa shape index (κ2) is 6.79. The molecule has 4 nitrogen and oxygen atoms in total. The van der Waals surface area contributed by atoms with Crippen LogP contribution in [0.25, 0.3) is 0 Å². The summed E-state index contributed by atoms with van der Waals surface area (Å²) < 4.78 is 10.5. The molecule has 124 valence electrons. The van der Waals surface area contributed by atoms with Crippen LogP contribution in [0.15, 0.2) is 48.7 Å². The van der Waals surface area contributed by atoms with Crippen LogP contribution in [-0.4, -0.2) is 20.0 Å². The molecular weight excluding hydrogens is 302 g/mol. The summed E-state index contributed by atoms with van der Waals surface area (Å²) in [6.07, 6.45) is 1.58. The van der Waals surface area contributed by atoms with E-state index in [2.05, 4.69) is 18.0 Å². The number of rotatable bonds is 6. The number of nitrogens with one attached hydrogen (secondary N) is 1. The molecule has 4 heteroatoms. The zero-order chi connectivity index (χ0) is 17.1. The van der Waals surface area contributed by atoms with E-state index in [1.165, 1.54) is 5.56 Å². The third kappa shape index (κ3) is 3.43. The van der Waals surface area contributed by atoms with Crippen LogP contribution in [0.5, 0.6) is 11.5 Å². The third-order valence-corrected chi connectivity index (χ3v) is 4.17. The van der Waals surface area contributed by atoms with Gasteiger partial charge in [-0.25, -0.2) is 0 Å². The smallest absolute Gasteiger partial charge is 0.141 e. The average Bonchev–Trinajstić information content (AvgIpc) is 2.94. The molecule has 0 radical (unpaired) electrons. The van der Waals surface area contributed by atoms with Crippen LogP contribution < -0.4 is 14.8 Å². The number of hydrogen-bond acceptors (Lipinski definition) is 4. The largest absolute Gasteiger partial charge is 0.497 e. The summed E-state index contributed by atoms with van der Waals surface area (Å²) in [5.74, 6) is 1.55. The van der Waals surface area contributed by atoms with E-state index in [0.717, 1.165) is 34.7 Å². The van der Waals surface area contributed by atoms with Crippen molar-refractivity contribution >= 4 is 11.5 Å². The van der Waals surface area contributed by atoms with E-state index in [4.69, 9.17) is 9.47 Å². The molecule has 3 rings (SSSR count). The zero-order valence-electron chi connectivity index (χ0n) is 14.0. The van der Waals surface area contributed by atoms with E-state index in [-0.39, 0.29) is 5.78 Å². The molecule has 0 spiro atoms. The van der Waals surface area contributed by atoms with Gasteiger partial charge in [-0.05, 0) is 23.3 Å². The van der Waals surface area contributed by atoms with Crippen molar-refractivity contribution in [3.8, 4) is 11.5 Å². The van der Waals surface area contributed by atoms with Gasteiger partial charge in [-0.1, -0.05) is 24.8 Å². The molecule has 1 aliphatic heterocycles.